The van der Waals surface area contributed by atoms with Crippen LogP contribution in [-0.4, -0.2) is 50.8 Å². The van der Waals surface area contributed by atoms with Crippen molar-refractivity contribution in [3.05, 3.63) is 95.1 Å². The molecule has 0 aromatic heterocycles. The monoisotopic (exact) mass is 563 g/mol. The van der Waals surface area contributed by atoms with Crippen molar-refractivity contribution < 1.29 is 18.0 Å². The first-order valence-corrected chi connectivity index (χ1v) is 15.1. The van der Waals surface area contributed by atoms with E-state index in [4.69, 9.17) is 0 Å². The predicted molar refractivity (Wildman–Crippen MR) is 161 cm³/mol. The standard InChI is InChI=1S/C32H41N3O4S/c1-23(2)21-33-32(37)27(6)34(19-18-28-10-8-7-9-11-28)31(36)22-35(29-15-14-25(4)26(5)20-29)40(38,39)30-16-12-24(3)13-17-30/h7-17,20,23,27H,18-19,21-22H2,1-6H3,(H,33,37)/t27-/m0/s1. The summed E-state index contributed by atoms with van der Waals surface area (Å²) >= 11 is 0. The van der Waals surface area contributed by atoms with E-state index in [1.807, 2.05) is 71.0 Å². The van der Waals surface area contributed by atoms with Crippen LogP contribution in [0.3, 0.4) is 0 Å². The molecule has 3 rings (SSSR count). The Hall–Kier alpha value is -3.65. The van der Waals surface area contributed by atoms with Crippen molar-refractivity contribution in [1.82, 2.24) is 10.2 Å². The summed E-state index contributed by atoms with van der Waals surface area (Å²) in [6.45, 7) is 11.8. The van der Waals surface area contributed by atoms with Crippen molar-refractivity contribution in [2.45, 2.75) is 58.9 Å². The molecule has 0 bridgehead atoms. The van der Waals surface area contributed by atoms with Gasteiger partial charge >= 0.3 is 0 Å². The number of amides is 2. The Labute approximate surface area is 239 Å². The third-order valence-electron chi connectivity index (χ3n) is 7.00. The van der Waals surface area contributed by atoms with Crippen LogP contribution in [0.5, 0.6) is 0 Å². The first-order valence-electron chi connectivity index (χ1n) is 13.7. The van der Waals surface area contributed by atoms with Gasteiger partial charge in [-0.05, 0) is 81.0 Å². The van der Waals surface area contributed by atoms with Crippen LogP contribution < -0.4 is 9.62 Å². The summed E-state index contributed by atoms with van der Waals surface area (Å²) in [6, 6.07) is 20.9. The normalized spacial score (nSPS) is 12.2. The molecular weight excluding hydrogens is 522 g/mol. The minimum absolute atomic E-state index is 0.0997. The van der Waals surface area contributed by atoms with E-state index in [1.54, 1.807) is 43.3 Å². The second-order valence-corrected chi connectivity index (χ2v) is 12.6. The van der Waals surface area contributed by atoms with Gasteiger partial charge < -0.3 is 10.2 Å². The Kier molecular flexibility index (Phi) is 10.5. The van der Waals surface area contributed by atoms with Crippen molar-refractivity contribution in [2.75, 3.05) is 23.9 Å². The third kappa shape index (κ3) is 7.94. The molecule has 3 aromatic carbocycles. The molecule has 2 amide bonds. The highest BCUT2D eigenvalue weighted by Crippen LogP contribution is 2.26. The molecule has 40 heavy (non-hydrogen) atoms. The third-order valence-corrected chi connectivity index (χ3v) is 8.79. The topological polar surface area (TPSA) is 86.8 Å². The number of aryl methyl sites for hydroxylation is 3. The van der Waals surface area contributed by atoms with Gasteiger partial charge in [-0.15, -0.1) is 0 Å². The Morgan fingerprint density at radius 2 is 1.50 bits per heavy atom. The SMILES string of the molecule is Cc1ccc(S(=O)(=O)N(CC(=O)N(CCc2ccccc2)[C@@H](C)C(=O)NCC(C)C)c2ccc(C)c(C)c2)cc1. The molecule has 0 saturated carbocycles. The smallest absolute Gasteiger partial charge is 0.264 e. The first-order chi connectivity index (χ1) is 18.9. The lowest BCUT2D eigenvalue weighted by atomic mass is 10.1. The van der Waals surface area contributed by atoms with Crippen molar-refractivity contribution in [1.29, 1.82) is 0 Å². The van der Waals surface area contributed by atoms with E-state index in [0.29, 0.717) is 18.7 Å². The highest BCUT2D eigenvalue weighted by atomic mass is 32.2. The molecule has 7 nitrogen and oxygen atoms in total. The zero-order valence-electron chi connectivity index (χ0n) is 24.3. The lowest BCUT2D eigenvalue weighted by Gasteiger charge is -2.32. The van der Waals surface area contributed by atoms with Gasteiger partial charge in [0.25, 0.3) is 10.0 Å². The van der Waals surface area contributed by atoms with Gasteiger partial charge in [-0.2, -0.15) is 0 Å². The first kappa shape index (κ1) is 30.9. The van der Waals surface area contributed by atoms with Crippen LogP contribution in [-0.2, 0) is 26.0 Å². The molecule has 0 saturated heterocycles. The number of nitrogens with one attached hydrogen (secondary N) is 1. The summed E-state index contributed by atoms with van der Waals surface area (Å²) in [6.07, 6.45) is 0.530. The summed E-state index contributed by atoms with van der Waals surface area (Å²) in [5.41, 5.74) is 4.28. The highest BCUT2D eigenvalue weighted by Gasteiger charge is 2.32. The maximum atomic E-state index is 14.0. The molecule has 214 valence electrons. The molecule has 0 heterocycles. The van der Waals surface area contributed by atoms with E-state index in [0.717, 1.165) is 26.6 Å². The minimum atomic E-state index is -4.08. The summed E-state index contributed by atoms with van der Waals surface area (Å²) in [4.78, 5) is 28.6. The molecule has 0 unspecified atom stereocenters. The number of sulfonamides is 1. The summed E-state index contributed by atoms with van der Waals surface area (Å²) in [5, 5.41) is 2.91. The van der Waals surface area contributed by atoms with Crippen LogP contribution in [0.2, 0.25) is 0 Å². The molecule has 1 atom stereocenters. The maximum absolute atomic E-state index is 14.0. The Morgan fingerprint density at radius 1 is 0.850 bits per heavy atom. The second kappa shape index (κ2) is 13.6. The number of nitrogens with zero attached hydrogens (tertiary/aromatic N) is 2. The number of hydrogen-bond acceptors (Lipinski definition) is 4. The summed E-state index contributed by atoms with van der Waals surface area (Å²) < 4.78 is 29.0. The number of rotatable bonds is 12. The number of anilines is 1. The average molecular weight is 564 g/mol. The maximum Gasteiger partial charge on any atom is 0.264 e. The van der Waals surface area contributed by atoms with Crippen molar-refractivity contribution in [3.63, 3.8) is 0 Å². The molecule has 3 aromatic rings. The Bertz CT molecular complexity index is 1400. The quantitative estimate of drug-likeness (QED) is 0.335. The molecule has 0 spiro atoms. The molecule has 0 fully saturated rings. The van der Waals surface area contributed by atoms with E-state index in [-0.39, 0.29) is 23.3 Å². The van der Waals surface area contributed by atoms with E-state index in [9.17, 15) is 18.0 Å². The van der Waals surface area contributed by atoms with Crippen LogP contribution in [0.25, 0.3) is 0 Å². The number of carbonyl (C=O) groups excluding carboxylic acids is 2. The van der Waals surface area contributed by atoms with Crippen LogP contribution >= 0.6 is 0 Å². The van der Waals surface area contributed by atoms with Gasteiger partial charge in [0.05, 0.1) is 10.6 Å². The molecule has 8 heteroatoms. The van der Waals surface area contributed by atoms with Crippen LogP contribution in [0.15, 0.2) is 77.7 Å². The number of carbonyl (C=O) groups is 2. The summed E-state index contributed by atoms with van der Waals surface area (Å²) in [7, 11) is -4.08. The second-order valence-electron chi connectivity index (χ2n) is 10.7. The molecular formula is C32H41N3O4S. The predicted octanol–water partition coefficient (Wildman–Crippen LogP) is 5.04. The van der Waals surface area contributed by atoms with Gasteiger partial charge in [-0.3, -0.25) is 13.9 Å². The zero-order valence-corrected chi connectivity index (χ0v) is 25.2. The van der Waals surface area contributed by atoms with Gasteiger partial charge in [-0.1, -0.05) is 67.9 Å². The van der Waals surface area contributed by atoms with E-state index < -0.39 is 28.5 Å². The van der Waals surface area contributed by atoms with Crippen molar-refractivity contribution in [3.8, 4) is 0 Å². The highest BCUT2D eigenvalue weighted by molar-refractivity contribution is 7.92. The molecule has 0 aliphatic rings. The lowest BCUT2D eigenvalue weighted by Crippen LogP contribution is -2.52. The van der Waals surface area contributed by atoms with Crippen LogP contribution in [0, 0.1) is 26.7 Å². The van der Waals surface area contributed by atoms with Gasteiger partial charge in [0, 0.05) is 13.1 Å². The molecule has 1 N–H and O–H groups in total. The largest absolute Gasteiger partial charge is 0.354 e. The van der Waals surface area contributed by atoms with Gasteiger partial charge in [0.1, 0.15) is 12.6 Å². The number of benzene rings is 3. The molecule has 0 radical (unpaired) electrons. The fraction of sp³-hybridized carbons (Fsp3) is 0.375. The fourth-order valence-electron chi connectivity index (χ4n) is 4.27. The van der Waals surface area contributed by atoms with Gasteiger partial charge in [0.2, 0.25) is 11.8 Å². The Balaban J connectivity index is 1.98. The van der Waals surface area contributed by atoms with Crippen LogP contribution in [0.4, 0.5) is 5.69 Å². The van der Waals surface area contributed by atoms with Gasteiger partial charge in [-0.25, -0.2) is 8.42 Å². The van der Waals surface area contributed by atoms with Gasteiger partial charge in [0.15, 0.2) is 0 Å². The van der Waals surface area contributed by atoms with E-state index in [2.05, 4.69) is 5.32 Å². The summed E-state index contributed by atoms with van der Waals surface area (Å²) in [5.74, 6) is -0.462. The fourth-order valence-corrected chi connectivity index (χ4v) is 5.68. The molecule has 0 aliphatic carbocycles. The Morgan fingerprint density at radius 3 is 2.10 bits per heavy atom. The molecule has 0 aliphatic heterocycles. The van der Waals surface area contributed by atoms with Crippen molar-refractivity contribution >= 4 is 27.5 Å². The minimum Gasteiger partial charge on any atom is -0.354 e. The number of hydrogen-bond donors (Lipinski definition) is 1. The van der Waals surface area contributed by atoms with E-state index in [1.165, 1.54) is 4.90 Å². The lowest BCUT2D eigenvalue weighted by molar-refractivity contribution is -0.138. The van der Waals surface area contributed by atoms with Crippen LogP contribution in [0.1, 0.15) is 43.0 Å². The van der Waals surface area contributed by atoms with Crippen molar-refractivity contribution in [2.24, 2.45) is 5.92 Å². The van der Waals surface area contributed by atoms with E-state index >= 15 is 0 Å². The average Bonchev–Trinajstić information content (AvgIpc) is 2.92. The zero-order chi connectivity index (χ0) is 29.4.